The molecule has 0 amide bonds. The van der Waals surface area contributed by atoms with Crippen LogP contribution >= 0.6 is 0 Å². The normalized spacial score (nSPS) is 35.3. The van der Waals surface area contributed by atoms with E-state index in [2.05, 4.69) is 11.8 Å². The maximum Gasteiger partial charge on any atom is 0.0494 e. The fourth-order valence-corrected chi connectivity index (χ4v) is 3.39. The number of ether oxygens (including phenoxy) is 1. The van der Waals surface area contributed by atoms with Gasteiger partial charge in [-0.05, 0) is 63.2 Å². The molecule has 2 saturated carbocycles. The molecular weight excluding hydrogens is 232 g/mol. The van der Waals surface area contributed by atoms with Crippen LogP contribution in [-0.2, 0) is 4.74 Å². The van der Waals surface area contributed by atoms with Crippen LogP contribution in [0, 0.1) is 48.4 Å². The molecule has 2 rings (SSSR count). The Kier molecular flexibility index (Phi) is 5.81. The van der Waals surface area contributed by atoms with Crippen LogP contribution in [0.15, 0.2) is 0 Å². The minimum atomic E-state index is 0.523. The highest BCUT2D eigenvalue weighted by molar-refractivity contribution is 4.96. The third kappa shape index (κ3) is 4.59. The Balaban J connectivity index is 1.55. The summed E-state index contributed by atoms with van der Waals surface area (Å²) < 4.78 is 5.95. The van der Waals surface area contributed by atoms with Gasteiger partial charge in [0.15, 0.2) is 0 Å². The number of terminal acetylenes is 2. The second-order valence-electron chi connectivity index (χ2n) is 6.31. The van der Waals surface area contributed by atoms with Gasteiger partial charge in [0.05, 0.1) is 0 Å². The Morgan fingerprint density at radius 1 is 0.684 bits per heavy atom. The van der Waals surface area contributed by atoms with Crippen LogP contribution in [0.3, 0.4) is 0 Å². The van der Waals surface area contributed by atoms with Gasteiger partial charge < -0.3 is 4.74 Å². The SMILES string of the molecule is C#CC1CCC(COCC2CCC(C#C)CC2)CC1. The van der Waals surface area contributed by atoms with E-state index in [1.807, 2.05) is 0 Å². The highest BCUT2D eigenvalue weighted by atomic mass is 16.5. The first kappa shape index (κ1) is 14.5. The third-order valence-electron chi connectivity index (χ3n) is 4.87. The summed E-state index contributed by atoms with van der Waals surface area (Å²) in [6.45, 7) is 1.87. The Morgan fingerprint density at radius 2 is 1.05 bits per heavy atom. The molecule has 2 fully saturated rings. The molecule has 0 unspecified atom stereocenters. The molecule has 0 bridgehead atoms. The van der Waals surface area contributed by atoms with Crippen molar-refractivity contribution in [2.45, 2.75) is 51.4 Å². The largest absolute Gasteiger partial charge is 0.381 e. The molecule has 104 valence electrons. The molecule has 0 saturated heterocycles. The van der Waals surface area contributed by atoms with Crippen LogP contribution in [0.25, 0.3) is 0 Å². The fourth-order valence-electron chi connectivity index (χ4n) is 3.39. The van der Waals surface area contributed by atoms with E-state index in [4.69, 9.17) is 17.6 Å². The Labute approximate surface area is 118 Å². The van der Waals surface area contributed by atoms with E-state index in [0.29, 0.717) is 11.8 Å². The summed E-state index contributed by atoms with van der Waals surface area (Å²) in [5, 5.41) is 0. The average molecular weight is 258 g/mol. The monoisotopic (exact) mass is 258 g/mol. The lowest BCUT2D eigenvalue weighted by Crippen LogP contribution is -2.22. The molecule has 2 aliphatic carbocycles. The van der Waals surface area contributed by atoms with Crippen molar-refractivity contribution >= 4 is 0 Å². The van der Waals surface area contributed by atoms with Gasteiger partial charge in [-0.25, -0.2) is 0 Å². The van der Waals surface area contributed by atoms with Crippen LogP contribution in [0.1, 0.15) is 51.4 Å². The van der Waals surface area contributed by atoms with Crippen molar-refractivity contribution in [1.82, 2.24) is 0 Å². The van der Waals surface area contributed by atoms with Crippen molar-refractivity contribution in [3.05, 3.63) is 0 Å². The summed E-state index contributed by atoms with van der Waals surface area (Å²) in [5.41, 5.74) is 0. The molecule has 0 aromatic heterocycles. The summed E-state index contributed by atoms with van der Waals surface area (Å²) >= 11 is 0. The predicted molar refractivity (Wildman–Crippen MR) is 79.4 cm³/mol. The lowest BCUT2D eigenvalue weighted by atomic mass is 9.82. The molecule has 0 aliphatic heterocycles. The van der Waals surface area contributed by atoms with Gasteiger partial charge in [-0.3, -0.25) is 0 Å². The minimum absolute atomic E-state index is 0.523. The minimum Gasteiger partial charge on any atom is -0.381 e. The van der Waals surface area contributed by atoms with E-state index in [1.54, 1.807) is 0 Å². The zero-order valence-corrected chi connectivity index (χ0v) is 11.9. The number of hydrogen-bond donors (Lipinski definition) is 0. The van der Waals surface area contributed by atoms with Crippen molar-refractivity contribution < 1.29 is 4.74 Å². The van der Waals surface area contributed by atoms with Gasteiger partial charge in [0.25, 0.3) is 0 Å². The van der Waals surface area contributed by atoms with Crippen molar-refractivity contribution in [1.29, 1.82) is 0 Å². The summed E-state index contributed by atoms with van der Waals surface area (Å²) in [6.07, 6.45) is 20.7. The van der Waals surface area contributed by atoms with Crippen LogP contribution < -0.4 is 0 Å². The molecule has 0 aromatic carbocycles. The highest BCUT2D eigenvalue weighted by Crippen LogP contribution is 2.30. The van der Waals surface area contributed by atoms with Gasteiger partial charge in [0.1, 0.15) is 0 Å². The lowest BCUT2D eigenvalue weighted by molar-refractivity contribution is 0.0462. The van der Waals surface area contributed by atoms with E-state index in [9.17, 15) is 0 Å². The van der Waals surface area contributed by atoms with Crippen LogP contribution in [0.4, 0.5) is 0 Å². The standard InChI is InChI=1S/C18H26O/c1-3-15-5-9-17(10-6-15)13-19-14-18-11-7-16(4-2)8-12-18/h1-2,15-18H,5-14H2. The third-order valence-corrected chi connectivity index (χ3v) is 4.87. The van der Waals surface area contributed by atoms with Gasteiger partial charge in [-0.1, -0.05) is 0 Å². The molecule has 0 spiro atoms. The Bertz CT molecular complexity index is 296. The van der Waals surface area contributed by atoms with Gasteiger partial charge in [-0.2, -0.15) is 0 Å². The maximum absolute atomic E-state index is 5.95. The van der Waals surface area contributed by atoms with Crippen molar-refractivity contribution in [2.75, 3.05) is 13.2 Å². The molecule has 0 radical (unpaired) electrons. The first-order valence-corrected chi connectivity index (χ1v) is 7.81. The fraction of sp³-hybridized carbons (Fsp3) is 0.778. The van der Waals surface area contributed by atoms with E-state index < -0.39 is 0 Å². The Morgan fingerprint density at radius 3 is 1.37 bits per heavy atom. The second kappa shape index (κ2) is 7.62. The van der Waals surface area contributed by atoms with Gasteiger partial charge >= 0.3 is 0 Å². The summed E-state index contributed by atoms with van der Waals surface area (Å²) in [7, 11) is 0. The smallest absolute Gasteiger partial charge is 0.0494 e. The molecule has 19 heavy (non-hydrogen) atoms. The predicted octanol–water partition coefficient (Wildman–Crippen LogP) is 3.88. The van der Waals surface area contributed by atoms with Crippen LogP contribution in [0.2, 0.25) is 0 Å². The van der Waals surface area contributed by atoms with E-state index in [1.165, 1.54) is 51.4 Å². The number of rotatable bonds is 4. The summed E-state index contributed by atoms with van der Waals surface area (Å²) in [5.74, 6) is 8.30. The van der Waals surface area contributed by atoms with Gasteiger partial charge in [0.2, 0.25) is 0 Å². The van der Waals surface area contributed by atoms with Crippen LogP contribution in [0.5, 0.6) is 0 Å². The second-order valence-corrected chi connectivity index (χ2v) is 6.31. The first-order chi connectivity index (χ1) is 9.31. The first-order valence-electron chi connectivity index (χ1n) is 7.81. The molecule has 0 heterocycles. The van der Waals surface area contributed by atoms with Crippen LogP contribution in [-0.4, -0.2) is 13.2 Å². The summed E-state index contributed by atoms with van der Waals surface area (Å²) in [6, 6.07) is 0. The van der Waals surface area contributed by atoms with Crippen molar-refractivity contribution in [2.24, 2.45) is 23.7 Å². The molecule has 1 nitrogen and oxygen atoms in total. The maximum atomic E-state index is 5.95. The average Bonchev–Trinajstić information content (AvgIpc) is 2.49. The molecule has 0 aromatic rings. The van der Waals surface area contributed by atoms with Crippen molar-refractivity contribution in [3.8, 4) is 24.7 Å². The summed E-state index contributed by atoms with van der Waals surface area (Å²) in [4.78, 5) is 0. The molecular formula is C18H26O. The molecule has 0 atom stereocenters. The van der Waals surface area contributed by atoms with E-state index in [0.717, 1.165) is 25.0 Å². The molecule has 0 N–H and O–H groups in total. The Hall–Kier alpha value is -0.920. The quantitative estimate of drug-likeness (QED) is 0.695. The van der Waals surface area contributed by atoms with E-state index in [-0.39, 0.29) is 0 Å². The lowest BCUT2D eigenvalue weighted by Gasteiger charge is -2.28. The van der Waals surface area contributed by atoms with Gasteiger partial charge in [0, 0.05) is 25.0 Å². The zero-order chi connectivity index (χ0) is 13.5. The zero-order valence-electron chi connectivity index (χ0n) is 11.9. The van der Waals surface area contributed by atoms with E-state index >= 15 is 0 Å². The van der Waals surface area contributed by atoms with Gasteiger partial charge in [-0.15, -0.1) is 24.7 Å². The molecule has 2 aliphatic rings. The molecule has 1 heteroatoms. The van der Waals surface area contributed by atoms with Crippen molar-refractivity contribution in [3.63, 3.8) is 0 Å². The highest BCUT2D eigenvalue weighted by Gasteiger charge is 2.22. The number of hydrogen-bond acceptors (Lipinski definition) is 1. The topological polar surface area (TPSA) is 9.23 Å².